The Morgan fingerprint density at radius 3 is 2.33 bits per heavy atom. The monoisotopic (exact) mass is 330 g/mol. The Bertz CT molecular complexity index is 573. The van der Waals surface area contributed by atoms with Crippen LogP contribution in [0.5, 0.6) is 5.75 Å². The van der Waals surface area contributed by atoms with Gasteiger partial charge in [-0.15, -0.1) is 0 Å². The Kier molecular flexibility index (Phi) is 6.85. The normalized spacial score (nSPS) is 16.5. The number of likely N-dealkylation sites (tertiary alicyclic amines) is 1. The quantitative estimate of drug-likeness (QED) is 0.844. The summed E-state index contributed by atoms with van der Waals surface area (Å²) in [7, 11) is 1.61. The molecule has 1 aliphatic rings. The molecule has 2 amide bonds. The second-order valence-electron chi connectivity index (χ2n) is 6.08. The number of ether oxygens (including phenoxy) is 1. The minimum Gasteiger partial charge on any atom is -0.497 e. The van der Waals surface area contributed by atoms with Gasteiger partial charge in [-0.2, -0.15) is 0 Å². The van der Waals surface area contributed by atoms with Crippen molar-refractivity contribution in [2.75, 3.05) is 20.2 Å². The molecular formula is C19H26N2O3. The van der Waals surface area contributed by atoms with Gasteiger partial charge in [0.25, 0.3) is 0 Å². The molecule has 1 saturated heterocycles. The number of methoxy groups -OCH3 is 1. The van der Waals surface area contributed by atoms with Gasteiger partial charge in [0.15, 0.2) is 0 Å². The van der Waals surface area contributed by atoms with Gasteiger partial charge in [0.05, 0.1) is 7.11 Å². The molecule has 1 aliphatic heterocycles. The second-order valence-corrected chi connectivity index (χ2v) is 6.08. The molecule has 0 bridgehead atoms. The molecule has 0 aromatic heterocycles. The molecule has 0 radical (unpaired) electrons. The van der Waals surface area contributed by atoms with Crippen molar-refractivity contribution in [2.45, 2.75) is 38.6 Å². The molecule has 5 nitrogen and oxygen atoms in total. The number of benzene rings is 1. The van der Waals surface area contributed by atoms with Crippen LogP contribution in [0.2, 0.25) is 0 Å². The smallest absolute Gasteiger partial charge is 0.244 e. The summed E-state index contributed by atoms with van der Waals surface area (Å²) in [5.74, 6) is 0.512. The van der Waals surface area contributed by atoms with Crippen LogP contribution in [-0.4, -0.2) is 43.0 Å². The van der Waals surface area contributed by atoms with Crippen molar-refractivity contribution in [3.8, 4) is 5.75 Å². The summed E-state index contributed by atoms with van der Waals surface area (Å²) >= 11 is 0. The molecular weight excluding hydrogens is 304 g/mol. The molecule has 2 rings (SSSR count). The fourth-order valence-corrected chi connectivity index (χ4v) is 2.78. The Balaban J connectivity index is 1.85. The van der Waals surface area contributed by atoms with Gasteiger partial charge >= 0.3 is 0 Å². The van der Waals surface area contributed by atoms with Crippen LogP contribution in [0.1, 0.15) is 38.2 Å². The first kappa shape index (κ1) is 18.0. The molecule has 1 aromatic rings. The molecule has 1 unspecified atom stereocenters. The van der Waals surface area contributed by atoms with Crippen molar-refractivity contribution < 1.29 is 14.3 Å². The van der Waals surface area contributed by atoms with Crippen molar-refractivity contribution in [3.63, 3.8) is 0 Å². The van der Waals surface area contributed by atoms with E-state index in [9.17, 15) is 9.59 Å². The minimum atomic E-state index is -0.504. The fraction of sp³-hybridized carbons (Fsp3) is 0.474. The zero-order valence-corrected chi connectivity index (χ0v) is 14.5. The van der Waals surface area contributed by atoms with Crippen LogP contribution in [0.25, 0.3) is 6.08 Å². The zero-order valence-electron chi connectivity index (χ0n) is 14.5. The van der Waals surface area contributed by atoms with Crippen LogP contribution < -0.4 is 10.1 Å². The topological polar surface area (TPSA) is 58.6 Å². The summed E-state index contributed by atoms with van der Waals surface area (Å²) in [6.07, 6.45) is 7.61. The number of nitrogens with one attached hydrogen (secondary N) is 1. The van der Waals surface area contributed by atoms with Gasteiger partial charge in [-0.3, -0.25) is 9.59 Å². The van der Waals surface area contributed by atoms with E-state index in [1.807, 2.05) is 29.2 Å². The van der Waals surface area contributed by atoms with E-state index in [4.69, 9.17) is 4.74 Å². The maximum absolute atomic E-state index is 12.4. The molecule has 24 heavy (non-hydrogen) atoms. The van der Waals surface area contributed by atoms with Gasteiger partial charge in [-0.25, -0.2) is 0 Å². The van der Waals surface area contributed by atoms with E-state index in [0.717, 1.165) is 37.2 Å². The molecule has 1 atom stereocenters. The van der Waals surface area contributed by atoms with Gasteiger partial charge in [-0.1, -0.05) is 25.0 Å². The highest BCUT2D eigenvalue weighted by Gasteiger charge is 2.21. The maximum atomic E-state index is 12.4. The average Bonchev–Trinajstić information content (AvgIpc) is 2.89. The minimum absolute atomic E-state index is 0.00287. The van der Waals surface area contributed by atoms with Crippen molar-refractivity contribution in [1.82, 2.24) is 10.2 Å². The summed E-state index contributed by atoms with van der Waals surface area (Å²) in [5.41, 5.74) is 0.900. The van der Waals surface area contributed by atoms with Gasteiger partial charge in [0.1, 0.15) is 11.8 Å². The Morgan fingerprint density at radius 1 is 1.12 bits per heavy atom. The molecule has 0 aliphatic carbocycles. The molecule has 1 aromatic carbocycles. The molecule has 0 spiro atoms. The van der Waals surface area contributed by atoms with E-state index in [2.05, 4.69) is 5.32 Å². The SMILES string of the molecule is COc1ccc(/C=C/C(=O)NC(C)C(=O)N2CCCCCC2)cc1. The predicted molar refractivity (Wildman–Crippen MR) is 94.7 cm³/mol. The third-order valence-corrected chi connectivity index (χ3v) is 4.19. The van der Waals surface area contributed by atoms with Crippen molar-refractivity contribution >= 4 is 17.9 Å². The van der Waals surface area contributed by atoms with Crippen LogP contribution in [-0.2, 0) is 9.59 Å². The molecule has 5 heteroatoms. The lowest BCUT2D eigenvalue weighted by molar-refractivity contribution is -0.135. The number of hydrogen-bond acceptors (Lipinski definition) is 3. The second kappa shape index (κ2) is 9.11. The summed E-state index contributed by atoms with van der Waals surface area (Å²) < 4.78 is 5.09. The molecule has 1 N–H and O–H groups in total. The van der Waals surface area contributed by atoms with Crippen LogP contribution in [0.4, 0.5) is 0 Å². The van der Waals surface area contributed by atoms with E-state index in [-0.39, 0.29) is 11.8 Å². The lowest BCUT2D eigenvalue weighted by Gasteiger charge is -2.24. The first-order valence-corrected chi connectivity index (χ1v) is 8.51. The van der Waals surface area contributed by atoms with Gasteiger partial charge in [0.2, 0.25) is 11.8 Å². The van der Waals surface area contributed by atoms with Crippen molar-refractivity contribution in [2.24, 2.45) is 0 Å². The van der Waals surface area contributed by atoms with E-state index in [0.29, 0.717) is 0 Å². The highest BCUT2D eigenvalue weighted by molar-refractivity contribution is 5.95. The van der Waals surface area contributed by atoms with E-state index >= 15 is 0 Å². The fourth-order valence-electron chi connectivity index (χ4n) is 2.78. The summed E-state index contributed by atoms with van der Waals surface area (Å²) in [4.78, 5) is 26.3. The zero-order chi connectivity index (χ0) is 17.4. The number of nitrogens with zero attached hydrogens (tertiary/aromatic N) is 1. The number of rotatable bonds is 5. The Labute approximate surface area is 143 Å². The predicted octanol–water partition coefficient (Wildman–Crippen LogP) is 2.62. The van der Waals surface area contributed by atoms with Crippen LogP contribution in [0, 0.1) is 0 Å². The standard InChI is InChI=1S/C19H26N2O3/c1-15(19(23)21-13-5-3-4-6-14-21)20-18(22)12-9-16-7-10-17(24-2)11-8-16/h7-12,15H,3-6,13-14H2,1-2H3,(H,20,22)/b12-9+. The lowest BCUT2D eigenvalue weighted by atomic mass is 10.2. The van der Waals surface area contributed by atoms with E-state index in [1.165, 1.54) is 18.9 Å². The van der Waals surface area contributed by atoms with Crippen LogP contribution in [0.3, 0.4) is 0 Å². The van der Waals surface area contributed by atoms with Gasteiger partial charge in [0, 0.05) is 19.2 Å². The number of hydrogen-bond donors (Lipinski definition) is 1. The Hall–Kier alpha value is -2.30. The highest BCUT2D eigenvalue weighted by Crippen LogP contribution is 2.12. The largest absolute Gasteiger partial charge is 0.497 e. The third-order valence-electron chi connectivity index (χ3n) is 4.19. The third kappa shape index (κ3) is 5.41. The van der Waals surface area contributed by atoms with Crippen LogP contribution in [0.15, 0.2) is 30.3 Å². The average molecular weight is 330 g/mol. The Morgan fingerprint density at radius 2 is 1.75 bits per heavy atom. The van der Waals surface area contributed by atoms with Crippen molar-refractivity contribution in [3.05, 3.63) is 35.9 Å². The lowest BCUT2D eigenvalue weighted by Crippen LogP contribution is -2.46. The molecule has 0 saturated carbocycles. The van der Waals surface area contributed by atoms with Gasteiger partial charge < -0.3 is 15.0 Å². The summed E-state index contributed by atoms with van der Waals surface area (Å²) in [6, 6.07) is 6.91. The maximum Gasteiger partial charge on any atom is 0.244 e. The van der Waals surface area contributed by atoms with E-state index < -0.39 is 6.04 Å². The summed E-state index contributed by atoms with van der Waals surface area (Å²) in [5, 5.41) is 2.75. The number of carbonyl (C=O) groups is 2. The molecule has 1 heterocycles. The molecule has 130 valence electrons. The van der Waals surface area contributed by atoms with Crippen LogP contribution >= 0.6 is 0 Å². The number of carbonyl (C=O) groups excluding carboxylic acids is 2. The first-order valence-electron chi connectivity index (χ1n) is 8.51. The van der Waals surface area contributed by atoms with Gasteiger partial charge in [-0.05, 0) is 43.5 Å². The highest BCUT2D eigenvalue weighted by atomic mass is 16.5. The van der Waals surface area contributed by atoms with Crippen molar-refractivity contribution in [1.29, 1.82) is 0 Å². The molecule has 1 fully saturated rings. The number of amides is 2. The summed E-state index contributed by atoms with van der Waals surface area (Å²) in [6.45, 7) is 3.33. The van der Waals surface area contributed by atoms with E-state index in [1.54, 1.807) is 20.1 Å². The first-order chi connectivity index (χ1) is 11.6.